The Labute approximate surface area is 160 Å². The smallest absolute Gasteiger partial charge is 0.254 e. The summed E-state index contributed by atoms with van der Waals surface area (Å²) >= 11 is 0. The number of aromatic amines is 1. The van der Waals surface area contributed by atoms with Crippen LogP contribution in [-0.2, 0) is 0 Å². The fraction of sp³-hybridized carbons (Fsp3) is 0.545. The van der Waals surface area contributed by atoms with E-state index in [1.807, 2.05) is 30.0 Å². The Kier molecular flexibility index (Phi) is 4.81. The quantitative estimate of drug-likeness (QED) is 0.842. The molecule has 2 saturated heterocycles. The van der Waals surface area contributed by atoms with E-state index in [9.17, 15) is 9.59 Å². The normalized spacial score (nSPS) is 20.7. The molecule has 2 aliphatic rings. The van der Waals surface area contributed by atoms with Gasteiger partial charge in [0.2, 0.25) is 5.56 Å². The van der Waals surface area contributed by atoms with Gasteiger partial charge in [-0.2, -0.15) is 0 Å². The highest BCUT2D eigenvalue weighted by Crippen LogP contribution is 2.41. The van der Waals surface area contributed by atoms with Gasteiger partial charge in [-0.05, 0) is 76.7 Å². The SMILES string of the molecule is Cc1ccc2[nH]c(=O)cc(C(=O)N3CCCC4(CCN(C)CC4)CC3)c2c1. The first-order valence-corrected chi connectivity index (χ1v) is 10.1. The maximum atomic E-state index is 13.3. The van der Waals surface area contributed by atoms with E-state index in [-0.39, 0.29) is 11.5 Å². The number of aryl methyl sites for hydroxylation is 1. The fourth-order valence-electron chi connectivity index (χ4n) is 4.76. The molecule has 5 nitrogen and oxygen atoms in total. The summed E-state index contributed by atoms with van der Waals surface area (Å²) in [6, 6.07) is 7.32. The summed E-state index contributed by atoms with van der Waals surface area (Å²) in [4.78, 5) is 32.6. The second-order valence-corrected chi connectivity index (χ2v) is 8.55. The number of nitrogens with one attached hydrogen (secondary N) is 1. The number of fused-ring (bicyclic) bond motifs is 1. The van der Waals surface area contributed by atoms with Gasteiger partial charge in [0.05, 0.1) is 5.56 Å². The van der Waals surface area contributed by atoms with Gasteiger partial charge in [-0.1, -0.05) is 11.6 Å². The lowest BCUT2D eigenvalue weighted by molar-refractivity contribution is 0.0736. The van der Waals surface area contributed by atoms with Crippen molar-refractivity contribution in [3.05, 3.63) is 45.7 Å². The Bertz CT molecular complexity index is 909. The fourth-order valence-corrected chi connectivity index (χ4v) is 4.76. The second kappa shape index (κ2) is 7.12. The molecule has 2 aromatic rings. The van der Waals surface area contributed by atoms with Gasteiger partial charge in [0.25, 0.3) is 5.91 Å². The zero-order chi connectivity index (χ0) is 19.0. The molecule has 5 heteroatoms. The largest absolute Gasteiger partial charge is 0.339 e. The molecule has 0 bridgehead atoms. The third kappa shape index (κ3) is 3.65. The van der Waals surface area contributed by atoms with Crippen LogP contribution in [0, 0.1) is 12.3 Å². The number of carbonyl (C=O) groups excluding carboxylic acids is 1. The maximum absolute atomic E-state index is 13.3. The van der Waals surface area contributed by atoms with Crippen LogP contribution in [0.4, 0.5) is 0 Å². The molecule has 0 saturated carbocycles. The molecule has 1 spiro atoms. The van der Waals surface area contributed by atoms with Gasteiger partial charge in [-0.15, -0.1) is 0 Å². The molecule has 0 aliphatic carbocycles. The molecule has 27 heavy (non-hydrogen) atoms. The Morgan fingerprint density at radius 2 is 1.78 bits per heavy atom. The number of benzene rings is 1. The van der Waals surface area contributed by atoms with Gasteiger partial charge in [-0.3, -0.25) is 9.59 Å². The molecule has 2 fully saturated rings. The van der Waals surface area contributed by atoms with Crippen molar-refractivity contribution in [3.8, 4) is 0 Å². The van der Waals surface area contributed by atoms with Crippen molar-refractivity contribution in [1.82, 2.24) is 14.8 Å². The molecular formula is C22H29N3O2. The van der Waals surface area contributed by atoms with Gasteiger partial charge in [0.1, 0.15) is 0 Å². The molecule has 0 unspecified atom stereocenters. The minimum atomic E-state index is -0.212. The van der Waals surface area contributed by atoms with Crippen LogP contribution < -0.4 is 5.56 Å². The van der Waals surface area contributed by atoms with Gasteiger partial charge >= 0.3 is 0 Å². The molecule has 3 heterocycles. The molecule has 0 atom stereocenters. The number of amides is 1. The third-order valence-electron chi connectivity index (χ3n) is 6.61. The monoisotopic (exact) mass is 367 g/mol. The number of rotatable bonds is 1. The van der Waals surface area contributed by atoms with E-state index in [1.165, 1.54) is 25.3 Å². The first kappa shape index (κ1) is 18.2. The number of hydrogen-bond acceptors (Lipinski definition) is 3. The van der Waals surface area contributed by atoms with Crippen molar-refractivity contribution in [2.75, 3.05) is 33.2 Å². The average Bonchev–Trinajstić information content (AvgIpc) is 2.86. The molecular weight excluding hydrogens is 338 g/mol. The standard InChI is InChI=1S/C22H29N3O2/c1-16-4-5-19-17(14-16)18(15-20(26)23-19)21(27)25-10-3-6-22(9-13-25)7-11-24(2)12-8-22/h4-5,14-15H,3,6-13H2,1-2H3,(H,23,26). The van der Waals surface area contributed by atoms with Crippen molar-refractivity contribution in [1.29, 1.82) is 0 Å². The predicted molar refractivity (Wildman–Crippen MR) is 108 cm³/mol. The van der Waals surface area contributed by atoms with Crippen LogP contribution in [-0.4, -0.2) is 53.9 Å². The van der Waals surface area contributed by atoms with Crippen molar-refractivity contribution in [3.63, 3.8) is 0 Å². The summed E-state index contributed by atoms with van der Waals surface area (Å²) in [5, 5.41) is 0.845. The Balaban J connectivity index is 1.59. The van der Waals surface area contributed by atoms with E-state index in [1.54, 1.807) is 0 Å². The number of piperidine rings is 1. The Morgan fingerprint density at radius 3 is 2.56 bits per heavy atom. The predicted octanol–water partition coefficient (Wildman–Crippen LogP) is 3.17. The van der Waals surface area contributed by atoms with E-state index in [4.69, 9.17) is 0 Å². The van der Waals surface area contributed by atoms with Crippen LogP contribution in [0.5, 0.6) is 0 Å². The number of H-pyrrole nitrogens is 1. The summed E-state index contributed by atoms with van der Waals surface area (Å²) in [5.41, 5.74) is 2.55. The van der Waals surface area contributed by atoms with E-state index < -0.39 is 0 Å². The molecule has 1 N–H and O–H groups in total. The van der Waals surface area contributed by atoms with E-state index in [2.05, 4.69) is 16.9 Å². The first-order chi connectivity index (χ1) is 13.0. The highest BCUT2D eigenvalue weighted by Gasteiger charge is 2.36. The number of nitrogens with zero attached hydrogens (tertiary/aromatic N) is 2. The van der Waals surface area contributed by atoms with Crippen LogP contribution in [0.3, 0.4) is 0 Å². The van der Waals surface area contributed by atoms with Crippen LogP contribution in [0.25, 0.3) is 10.9 Å². The molecule has 4 rings (SSSR count). The Hall–Kier alpha value is -2.14. The van der Waals surface area contributed by atoms with Crippen LogP contribution in [0.2, 0.25) is 0 Å². The van der Waals surface area contributed by atoms with Crippen molar-refractivity contribution < 1.29 is 4.79 Å². The minimum Gasteiger partial charge on any atom is -0.339 e. The Morgan fingerprint density at radius 1 is 1.04 bits per heavy atom. The summed E-state index contributed by atoms with van der Waals surface area (Å²) in [6.07, 6.45) is 5.81. The van der Waals surface area contributed by atoms with E-state index in [0.29, 0.717) is 11.0 Å². The van der Waals surface area contributed by atoms with Gasteiger partial charge in [-0.25, -0.2) is 0 Å². The highest BCUT2D eigenvalue weighted by molar-refractivity contribution is 6.06. The number of carbonyl (C=O) groups is 1. The lowest BCUT2D eigenvalue weighted by atomic mass is 9.73. The topological polar surface area (TPSA) is 56.4 Å². The molecule has 2 aliphatic heterocycles. The lowest BCUT2D eigenvalue weighted by Gasteiger charge is -2.40. The summed E-state index contributed by atoms with van der Waals surface area (Å²) in [7, 11) is 2.19. The van der Waals surface area contributed by atoms with Crippen molar-refractivity contribution in [2.24, 2.45) is 5.41 Å². The number of hydrogen-bond donors (Lipinski definition) is 1. The second-order valence-electron chi connectivity index (χ2n) is 8.55. The zero-order valence-corrected chi connectivity index (χ0v) is 16.4. The lowest BCUT2D eigenvalue weighted by Crippen LogP contribution is -2.39. The number of likely N-dealkylation sites (tertiary alicyclic amines) is 2. The van der Waals surface area contributed by atoms with Gasteiger partial charge in [0, 0.05) is 30.1 Å². The van der Waals surface area contributed by atoms with Gasteiger partial charge in [0.15, 0.2) is 0 Å². The molecule has 0 radical (unpaired) electrons. The first-order valence-electron chi connectivity index (χ1n) is 10.1. The van der Waals surface area contributed by atoms with Crippen LogP contribution in [0.1, 0.15) is 48.0 Å². The number of pyridine rings is 1. The van der Waals surface area contributed by atoms with Crippen LogP contribution >= 0.6 is 0 Å². The summed E-state index contributed by atoms with van der Waals surface area (Å²) in [6.45, 7) is 5.91. The minimum absolute atomic E-state index is 0.00155. The summed E-state index contributed by atoms with van der Waals surface area (Å²) in [5.74, 6) is 0.00155. The van der Waals surface area contributed by atoms with Crippen molar-refractivity contribution in [2.45, 2.75) is 39.0 Å². The molecule has 1 aromatic carbocycles. The van der Waals surface area contributed by atoms with Crippen LogP contribution in [0.15, 0.2) is 29.1 Å². The van der Waals surface area contributed by atoms with Gasteiger partial charge < -0.3 is 14.8 Å². The van der Waals surface area contributed by atoms with E-state index in [0.717, 1.165) is 55.5 Å². The summed E-state index contributed by atoms with van der Waals surface area (Å²) < 4.78 is 0. The number of aromatic nitrogens is 1. The van der Waals surface area contributed by atoms with Crippen molar-refractivity contribution >= 4 is 16.8 Å². The van der Waals surface area contributed by atoms with E-state index >= 15 is 0 Å². The molecule has 144 valence electrons. The maximum Gasteiger partial charge on any atom is 0.254 e. The molecule has 1 aromatic heterocycles. The third-order valence-corrected chi connectivity index (χ3v) is 6.61. The highest BCUT2D eigenvalue weighted by atomic mass is 16.2. The zero-order valence-electron chi connectivity index (χ0n) is 16.4. The molecule has 1 amide bonds. The average molecular weight is 367 g/mol.